The van der Waals surface area contributed by atoms with Crippen LogP contribution in [0.25, 0.3) is 0 Å². The number of halogens is 9. The van der Waals surface area contributed by atoms with E-state index in [4.69, 9.17) is 0 Å². The van der Waals surface area contributed by atoms with Gasteiger partial charge in [-0.25, -0.2) is 0 Å². The van der Waals surface area contributed by atoms with Crippen LogP contribution in [-0.2, 0) is 39.6 Å². The summed E-state index contributed by atoms with van der Waals surface area (Å²) >= 11 is 0. The zero-order valence-electron chi connectivity index (χ0n) is 26.5. The molecule has 0 aliphatic heterocycles. The summed E-state index contributed by atoms with van der Waals surface area (Å²) in [6, 6.07) is 15.1. The number of carbonyl (C=O) groups is 1. The van der Waals surface area contributed by atoms with Crippen LogP contribution in [0.4, 0.5) is 39.5 Å². The number of rotatable bonds is 6. The van der Waals surface area contributed by atoms with Crippen molar-refractivity contribution in [1.29, 1.82) is 5.26 Å². The molecule has 3 nitrogen and oxygen atoms in total. The van der Waals surface area contributed by atoms with Gasteiger partial charge < -0.3 is 4.90 Å². The molecule has 0 heterocycles. The monoisotopic (exact) mass is 688 g/mol. The molecule has 0 unspecified atom stereocenters. The van der Waals surface area contributed by atoms with Crippen LogP contribution >= 0.6 is 0 Å². The molecule has 1 amide bonds. The molecule has 6 aliphatic carbocycles. The Kier molecular flexibility index (Phi) is 5.80. The minimum absolute atomic E-state index is 0.368. The van der Waals surface area contributed by atoms with E-state index < -0.39 is 80.0 Å². The normalized spacial score (nSPS) is 36.1. The third-order valence-corrected chi connectivity index (χ3v) is 13.0. The van der Waals surface area contributed by atoms with Crippen LogP contribution in [0.3, 0.4) is 0 Å². The summed E-state index contributed by atoms with van der Waals surface area (Å²) in [5.41, 5.74) is -7.60. The van der Waals surface area contributed by atoms with Gasteiger partial charge in [-0.1, -0.05) is 36.4 Å². The highest BCUT2D eigenvalue weighted by molar-refractivity contribution is 6.05. The molecule has 256 valence electrons. The highest BCUT2D eigenvalue weighted by atomic mass is 19.4. The summed E-state index contributed by atoms with van der Waals surface area (Å²) in [6.07, 6.45) is -14.0. The fraction of sp³-hybridized carbons (Fsp3) is 0.459. The maximum Gasteiger partial charge on any atom is 0.416 e. The van der Waals surface area contributed by atoms with Gasteiger partial charge >= 0.3 is 18.5 Å². The molecule has 0 saturated heterocycles. The van der Waals surface area contributed by atoms with Gasteiger partial charge in [-0.2, -0.15) is 44.8 Å². The minimum atomic E-state index is -4.65. The number of nitrogens with zero attached hydrogens (tertiary/aromatic N) is 2. The van der Waals surface area contributed by atoms with Gasteiger partial charge in [0.15, 0.2) is 0 Å². The molecule has 12 heteroatoms. The van der Waals surface area contributed by atoms with E-state index in [-0.39, 0.29) is 18.0 Å². The summed E-state index contributed by atoms with van der Waals surface area (Å²) in [5.74, 6) is -2.19. The lowest BCUT2D eigenvalue weighted by Crippen LogP contribution is -3.26. The van der Waals surface area contributed by atoms with Gasteiger partial charge in [0.1, 0.15) is 0 Å². The third-order valence-electron chi connectivity index (χ3n) is 13.0. The molecule has 0 radical (unpaired) electrons. The summed E-state index contributed by atoms with van der Waals surface area (Å²) in [5, 5.41) is 10.8. The number of benzene rings is 3. The van der Waals surface area contributed by atoms with Crippen molar-refractivity contribution in [2.75, 3.05) is 0 Å². The van der Waals surface area contributed by atoms with Gasteiger partial charge in [0.25, 0.3) is 0 Å². The Bertz CT molecular complexity index is 1740. The Hall–Kier alpha value is -4.01. The Balaban J connectivity index is 1.42. The SMILES string of the molecule is CC(C)N(C(=O)C12C3(c4ccc(C(F)(F)F)cc4)C4C5(C#N)C3C1(c1ccc(C(F)(F)F)cc1)C5C42c1ccc(C(F)(F)F)cc1)C(C)C. The average molecular weight is 689 g/mol. The van der Waals surface area contributed by atoms with E-state index >= 15 is 4.79 Å². The van der Waals surface area contributed by atoms with E-state index in [1.165, 1.54) is 36.4 Å². The van der Waals surface area contributed by atoms with Crippen molar-refractivity contribution < 1.29 is 44.3 Å². The molecule has 0 bridgehead atoms. The van der Waals surface area contributed by atoms with Gasteiger partial charge in [-0.15, -0.1) is 0 Å². The highest BCUT2D eigenvalue weighted by Crippen LogP contribution is 3.21. The second-order valence-electron chi connectivity index (χ2n) is 14.8. The van der Waals surface area contributed by atoms with E-state index in [1.54, 1.807) is 32.6 Å². The maximum absolute atomic E-state index is 15.5. The fourth-order valence-corrected chi connectivity index (χ4v) is 12.6. The lowest BCUT2D eigenvalue weighted by molar-refractivity contribution is -0.668. The van der Waals surface area contributed by atoms with Crippen LogP contribution < -0.4 is 0 Å². The van der Waals surface area contributed by atoms with E-state index in [0.29, 0.717) is 16.7 Å². The minimum Gasteiger partial charge on any atom is -0.337 e. The quantitative estimate of drug-likeness (QED) is 0.243. The molecule has 0 spiro atoms. The van der Waals surface area contributed by atoms with Crippen molar-refractivity contribution in [3.05, 3.63) is 106 Å². The predicted octanol–water partition coefficient (Wildman–Crippen LogP) is 8.92. The number of hydrogen-bond acceptors (Lipinski definition) is 2. The Morgan fingerprint density at radius 1 is 0.592 bits per heavy atom. The Morgan fingerprint density at radius 3 is 1.06 bits per heavy atom. The van der Waals surface area contributed by atoms with E-state index in [0.717, 1.165) is 36.4 Å². The zero-order chi connectivity index (χ0) is 35.7. The van der Waals surface area contributed by atoms with E-state index in [9.17, 15) is 44.8 Å². The molecule has 3 aromatic rings. The lowest BCUT2D eigenvalue weighted by atomic mass is 8.79. The number of alkyl halides is 9. The Morgan fingerprint density at radius 2 is 0.857 bits per heavy atom. The first kappa shape index (κ1) is 32.2. The van der Waals surface area contributed by atoms with Crippen LogP contribution in [0.1, 0.15) is 61.1 Å². The summed E-state index contributed by atoms with van der Waals surface area (Å²) in [4.78, 5) is 17.2. The van der Waals surface area contributed by atoms with Crippen molar-refractivity contribution in [3.8, 4) is 6.07 Å². The van der Waals surface area contributed by atoms with Crippen molar-refractivity contribution in [2.24, 2.45) is 28.6 Å². The first-order valence-electron chi connectivity index (χ1n) is 16.0. The smallest absolute Gasteiger partial charge is 0.337 e. The van der Waals surface area contributed by atoms with Crippen molar-refractivity contribution in [2.45, 2.75) is 74.6 Å². The van der Waals surface area contributed by atoms with Crippen molar-refractivity contribution >= 4 is 5.91 Å². The summed E-state index contributed by atoms with van der Waals surface area (Å²) in [7, 11) is 0. The standard InChI is InChI=1S/C37H29F9N2O/c1-18(2)48(19(3)4)29(49)34-31(20-5-11-23(12-6-20)35(38,39)40)26-30(17-47)27(31)33(34,22-9-15-25(16-10-22)37(44,45)46)28(30)32(26,34)21-7-13-24(14-8-21)36(41,42)43/h5-16,18-19,26-28H,1-4H3. The predicted molar refractivity (Wildman–Crippen MR) is 157 cm³/mol. The molecule has 0 aromatic heterocycles. The van der Waals surface area contributed by atoms with Crippen LogP contribution in [0.15, 0.2) is 72.8 Å². The zero-order valence-corrected chi connectivity index (χ0v) is 26.5. The maximum atomic E-state index is 15.5. The third kappa shape index (κ3) is 2.88. The number of nitriles is 1. The van der Waals surface area contributed by atoms with E-state index in [2.05, 4.69) is 6.07 Å². The topological polar surface area (TPSA) is 44.1 Å². The van der Waals surface area contributed by atoms with Crippen LogP contribution in [-0.4, -0.2) is 22.9 Å². The molecular formula is C37H29F9N2O. The first-order chi connectivity index (χ1) is 22.7. The first-order valence-corrected chi connectivity index (χ1v) is 16.0. The lowest BCUT2D eigenvalue weighted by Gasteiger charge is -3.20. The largest absolute Gasteiger partial charge is 0.416 e. The number of hydrogen-bond donors (Lipinski definition) is 0. The molecular weight excluding hydrogens is 659 g/mol. The van der Waals surface area contributed by atoms with E-state index in [1.807, 2.05) is 0 Å². The number of carbonyl (C=O) groups excluding carboxylic acids is 1. The molecule has 49 heavy (non-hydrogen) atoms. The second kappa shape index (κ2) is 8.82. The molecule has 6 saturated carbocycles. The molecule has 6 aliphatic rings. The fourth-order valence-electron chi connectivity index (χ4n) is 12.6. The van der Waals surface area contributed by atoms with Crippen molar-refractivity contribution in [1.82, 2.24) is 4.90 Å². The number of amides is 1. The highest BCUT2D eigenvalue weighted by Gasteiger charge is 3.27. The van der Waals surface area contributed by atoms with Crippen molar-refractivity contribution in [3.63, 3.8) is 0 Å². The van der Waals surface area contributed by atoms with Crippen LogP contribution in [0.5, 0.6) is 0 Å². The molecule has 3 aromatic carbocycles. The van der Waals surface area contributed by atoms with Gasteiger partial charge in [0, 0.05) is 46.1 Å². The Labute approximate surface area is 275 Å². The summed E-state index contributed by atoms with van der Waals surface area (Å²) < 4.78 is 123. The molecule has 0 atom stereocenters. The molecule has 6 fully saturated rings. The average Bonchev–Trinajstić information content (AvgIpc) is 3.02. The van der Waals surface area contributed by atoms with Gasteiger partial charge in [-0.05, 0) is 80.8 Å². The molecule has 0 N–H and O–H groups in total. The molecule has 9 rings (SSSR count). The van der Waals surface area contributed by atoms with Crippen LogP contribution in [0.2, 0.25) is 0 Å². The second-order valence-corrected chi connectivity index (χ2v) is 14.8. The van der Waals surface area contributed by atoms with Gasteiger partial charge in [0.2, 0.25) is 5.91 Å². The van der Waals surface area contributed by atoms with Crippen LogP contribution in [0, 0.1) is 39.9 Å². The van der Waals surface area contributed by atoms with Gasteiger partial charge in [-0.3, -0.25) is 4.79 Å². The van der Waals surface area contributed by atoms with Gasteiger partial charge in [0.05, 0.1) is 33.6 Å². The summed E-state index contributed by atoms with van der Waals surface area (Å²) in [6.45, 7) is 7.21.